The van der Waals surface area contributed by atoms with Gasteiger partial charge in [-0.15, -0.1) is 26.3 Å². The maximum atomic E-state index is 12.9. The van der Waals surface area contributed by atoms with Crippen LogP contribution in [-0.4, -0.2) is 12.7 Å². The van der Waals surface area contributed by atoms with Crippen LogP contribution < -0.4 is 9.47 Å². The molecule has 0 spiro atoms. The van der Waals surface area contributed by atoms with Gasteiger partial charge in [0.05, 0.1) is 22.3 Å². The Morgan fingerprint density at radius 1 is 0.442 bits per heavy atom. The molecular formula is C36H8F6N8O2. The van der Waals surface area contributed by atoms with E-state index in [0.717, 1.165) is 48.5 Å². The van der Waals surface area contributed by atoms with E-state index in [0.29, 0.717) is 0 Å². The maximum absolute atomic E-state index is 12.9. The number of rotatable bonds is 4. The zero-order valence-electron chi connectivity index (χ0n) is 25.3. The summed E-state index contributed by atoms with van der Waals surface area (Å²) in [6.45, 7) is 0. The summed E-state index contributed by atoms with van der Waals surface area (Å²) in [7, 11) is 0. The molecule has 0 amide bonds. The Balaban J connectivity index is 1.96. The molecule has 0 bridgehead atoms. The van der Waals surface area contributed by atoms with Crippen LogP contribution >= 0.6 is 0 Å². The van der Waals surface area contributed by atoms with E-state index < -0.39 is 68.8 Å². The number of alkyl halides is 6. The molecule has 16 heteroatoms. The van der Waals surface area contributed by atoms with Gasteiger partial charge in [0.15, 0.2) is 0 Å². The predicted molar refractivity (Wildman–Crippen MR) is 163 cm³/mol. The minimum Gasteiger partial charge on any atom is -0.406 e. The minimum absolute atomic E-state index is 0.0587. The molecule has 3 aromatic rings. The largest absolute Gasteiger partial charge is 0.573 e. The molecule has 0 saturated heterocycles. The second-order valence-electron chi connectivity index (χ2n) is 10.3. The third-order valence-corrected chi connectivity index (χ3v) is 7.65. The number of fused-ring (bicyclic) bond motifs is 2. The second kappa shape index (κ2) is 13.0. The average molecular weight is 699 g/mol. The molecule has 0 saturated carbocycles. The van der Waals surface area contributed by atoms with Crippen molar-refractivity contribution in [2.45, 2.75) is 12.7 Å². The van der Waals surface area contributed by atoms with Gasteiger partial charge in [-0.25, -0.2) is 0 Å². The van der Waals surface area contributed by atoms with Crippen molar-refractivity contribution >= 4 is 33.4 Å². The summed E-state index contributed by atoms with van der Waals surface area (Å²) in [6, 6.07) is 21.8. The number of allylic oxidation sites excluding steroid dienone is 8. The van der Waals surface area contributed by atoms with Crippen molar-refractivity contribution < 1.29 is 35.8 Å². The molecule has 0 aliphatic heterocycles. The molecule has 5 rings (SSSR count). The van der Waals surface area contributed by atoms with Crippen molar-refractivity contribution in [3.63, 3.8) is 0 Å². The molecule has 3 aromatic carbocycles. The fourth-order valence-corrected chi connectivity index (χ4v) is 5.94. The van der Waals surface area contributed by atoms with E-state index >= 15 is 0 Å². The number of halogens is 6. The maximum Gasteiger partial charge on any atom is 0.573 e. The van der Waals surface area contributed by atoms with Crippen LogP contribution in [-0.2, 0) is 0 Å². The van der Waals surface area contributed by atoms with Crippen molar-refractivity contribution in [3.05, 3.63) is 104 Å². The van der Waals surface area contributed by atoms with Crippen molar-refractivity contribution in [1.82, 2.24) is 0 Å². The van der Waals surface area contributed by atoms with E-state index in [9.17, 15) is 68.4 Å². The lowest BCUT2D eigenvalue weighted by Gasteiger charge is -2.16. The van der Waals surface area contributed by atoms with Crippen LogP contribution in [0.25, 0.3) is 33.4 Å². The van der Waals surface area contributed by atoms with Gasteiger partial charge in [0.25, 0.3) is 0 Å². The quantitative estimate of drug-likeness (QED) is 0.191. The highest BCUT2D eigenvalue weighted by molar-refractivity contribution is 6.32. The number of ether oxygens (including phenoxy) is 2. The summed E-state index contributed by atoms with van der Waals surface area (Å²) in [6.07, 6.45) is -10.1. The van der Waals surface area contributed by atoms with Gasteiger partial charge in [0.2, 0.25) is 0 Å². The van der Waals surface area contributed by atoms with Gasteiger partial charge >= 0.3 is 12.7 Å². The molecule has 0 N–H and O–H groups in total. The number of hydrogen-bond donors (Lipinski definition) is 0. The van der Waals surface area contributed by atoms with E-state index in [4.69, 9.17) is 0 Å². The fourth-order valence-electron chi connectivity index (χ4n) is 5.94. The Morgan fingerprint density at radius 2 is 0.750 bits per heavy atom. The molecule has 2 aliphatic carbocycles. The van der Waals surface area contributed by atoms with Crippen molar-refractivity contribution in [2.24, 2.45) is 0 Å². The molecule has 0 heterocycles. The molecule has 246 valence electrons. The van der Waals surface area contributed by atoms with Crippen LogP contribution in [0.4, 0.5) is 26.3 Å². The lowest BCUT2D eigenvalue weighted by molar-refractivity contribution is -0.275. The number of nitriles is 8. The highest BCUT2D eigenvalue weighted by Gasteiger charge is 2.43. The summed E-state index contributed by atoms with van der Waals surface area (Å²) in [5, 5.41) is 82.3. The summed E-state index contributed by atoms with van der Waals surface area (Å²) in [5.74, 6) is -1.34. The van der Waals surface area contributed by atoms with Crippen molar-refractivity contribution in [3.8, 4) is 60.1 Å². The van der Waals surface area contributed by atoms with Gasteiger partial charge < -0.3 is 9.47 Å². The third-order valence-electron chi connectivity index (χ3n) is 7.65. The van der Waals surface area contributed by atoms with Crippen LogP contribution in [0.2, 0.25) is 0 Å². The topological polar surface area (TPSA) is 209 Å². The zero-order valence-corrected chi connectivity index (χ0v) is 25.3. The van der Waals surface area contributed by atoms with E-state index in [1.165, 1.54) is 0 Å². The van der Waals surface area contributed by atoms with E-state index in [1.54, 1.807) is 24.3 Å². The van der Waals surface area contributed by atoms with Gasteiger partial charge in [0, 0.05) is 44.5 Å². The first-order chi connectivity index (χ1) is 24.7. The Bertz CT molecular complexity index is 2410. The average Bonchev–Trinajstić information content (AvgIpc) is 3.61. The highest BCUT2D eigenvalue weighted by atomic mass is 19.4. The van der Waals surface area contributed by atoms with Gasteiger partial charge in [-0.05, 0) is 35.4 Å². The summed E-state index contributed by atoms with van der Waals surface area (Å²) in [5.41, 5.74) is -6.12. The summed E-state index contributed by atoms with van der Waals surface area (Å²) in [4.78, 5) is 0. The lowest BCUT2D eigenvalue weighted by Crippen LogP contribution is -2.17. The van der Waals surface area contributed by atoms with Crippen molar-refractivity contribution in [2.75, 3.05) is 0 Å². The van der Waals surface area contributed by atoms with E-state index in [-0.39, 0.29) is 44.5 Å². The molecular weight excluding hydrogens is 690 g/mol. The molecule has 0 aromatic heterocycles. The minimum atomic E-state index is -5.06. The number of benzene rings is 3. The first-order valence-corrected chi connectivity index (χ1v) is 13.9. The lowest BCUT2D eigenvalue weighted by atomic mass is 9.82. The van der Waals surface area contributed by atoms with Crippen LogP contribution in [0.15, 0.2) is 59.7 Å². The molecule has 0 fully saturated rings. The van der Waals surface area contributed by atoms with Crippen LogP contribution in [0.5, 0.6) is 11.5 Å². The Morgan fingerprint density at radius 3 is 1.00 bits per heavy atom. The fraction of sp³-hybridized carbons (Fsp3) is 0.0556. The molecule has 0 atom stereocenters. The van der Waals surface area contributed by atoms with E-state index in [1.807, 2.05) is 24.3 Å². The Labute approximate surface area is 288 Å². The summed E-state index contributed by atoms with van der Waals surface area (Å²) >= 11 is 0. The van der Waals surface area contributed by atoms with Gasteiger partial charge in [-0.1, -0.05) is 24.3 Å². The summed E-state index contributed by atoms with van der Waals surface area (Å²) < 4.78 is 85.0. The third kappa shape index (κ3) is 5.75. The molecule has 2 aliphatic rings. The standard InChI is InChI=1S/C36H8F6N8O2/c37-35(38,39)51-21-5-1-17(2-6-21)27-23(13-47)31-25(15-49)32-24(14-48)28(18-3-7-22(8-4-18)52-36(40,41)42)30(20(11-45)12-46)34(32)26(16-50)33(31)29(27)19(9-43)10-44/h1-8H. The number of nitrogens with zero attached hydrogens (tertiary/aromatic N) is 8. The monoisotopic (exact) mass is 698 g/mol. The second-order valence-corrected chi connectivity index (χ2v) is 10.3. The van der Waals surface area contributed by atoms with Crippen LogP contribution in [0.1, 0.15) is 44.5 Å². The Kier molecular flexibility index (Phi) is 8.74. The normalized spacial score (nSPS) is 12.8. The predicted octanol–water partition coefficient (Wildman–Crippen LogP) is 7.72. The molecule has 10 nitrogen and oxygen atoms in total. The first-order valence-electron chi connectivity index (χ1n) is 13.9. The highest BCUT2D eigenvalue weighted by Crippen LogP contribution is 2.58. The number of hydrogen-bond acceptors (Lipinski definition) is 10. The molecule has 52 heavy (non-hydrogen) atoms. The molecule has 0 radical (unpaired) electrons. The SMILES string of the molecule is N#CC(C#N)=C1C(c2ccc(OC(F)(F)F)cc2)=C(C#N)c2c(C#N)c3c(c(C#N)c21)C(=C(C#N)C#N)C(c1ccc(OC(F)(F)F)cc1)=C3C#N. The van der Waals surface area contributed by atoms with E-state index in [2.05, 4.69) is 9.47 Å². The molecule has 0 unspecified atom stereocenters. The van der Waals surface area contributed by atoms with Crippen LogP contribution in [0, 0.1) is 90.6 Å². The van der Waals surface area contributed by atoms with Gasteiger partial charge in [-0.3, -0.25) is 0 Å². The van der Waals surface area contributed by atoms with Gasteiger partial charge in [-0.2, -0.15) is 42.1 Å². The zero-order chi connectivity index (χ0) is 38.1. The smallest absolute Gasteiger partial charge is 0.406 e. The van der Waals surface area contributed by atoms with Gasteiger partial charge in [0.1, 0.15) is 71.2 Å². The van der Waals surface area contributed by atoms with Crippen LogP contribution in [0.3, 0.4) is 0 Å². The first kappa shape index (κ1) is 35.0. The Hall–Kier alpha value is -8.28. The van der Waals surface area contributed by atoms with Crippen molar-refractivity contribution in [1.29, 1.82) is 42.1 Å².